The fourth-order valence-corrected chi connectivity index (χ4v) is 2.62. The highest BCUT2D eigenvalue weighted by molar-refractivity contribution is 6.35. The van der Waals surface area contributed by atoms with Gasteiger partial charge < -0.3 is 5.73 Å². The van der Waals surface area contributed by atoms with Gasteiger partial charge in [0.15, 0.2) is 0 Å². The Balaban J connectivity index is 1.92. The Bertz CT molecular complexity index is 561. The third kappa shape index (κ3) is 2.37. The zero-order valence-corrected chi connectivity index (χ0v) is 11.1. The van der Waals surface area contributed by atoms with Crippen molar-refractivity contribution >= 4 is 23.2 Å². The summed E-state index contributed by atoms with van der Waals surface area (Å²) in [6.45, 7) is 0. The van der Waals surface area contributed by atoms with Crippen molar-refractivity contribution in [2.24, 2.45) is 5.73 Å². The zero-order valence-electron chi connectivity index (χ0n) is 9.61. The van der Waals surface area contributed by atoms with Crippen molar-refractivity contribution in [3.05, 3.63) is 52.1 Å². The quantitative estimate of drug-likeness (QED) is 0.906. The second-order valence-electron chi connectivity index (χ2n) is 4.64. The maximum atomic E-state index is 5.98. The van der Waals surface area contributed by atoms with Crippen LogP contribution in [0, 0.1) is 0 Å². The lowest BCUT2D eigenvalue weighted by Crippen LogP contribution is -2.01. The van der Waals surface area contributed by atoms with E-state index in [-0.39, 0.29) is 0 Å². The number of halogens is 2. The van der Waals surface area contributed by atoms with E-state index >= 15 is 0 Å². The minimum absolute atomic E-state index is 0.304. The third-order valence-corrected chi connectivity index (χ3v) is 3.65. The van der Waals surface area contributed by atoms with Gasteiger partial charge in [0, 0.05) is 33.8 Å². The molecule has 18 heavy (non-hydrogen) atoms. The molecule has 2 N–H and O–H groups in total. The molecule has 1 saturated carbocycles. The lowest BCUT2D eigenvalue weighted by molar-refractivity contribution is 0.981. The number of nitrogens with zero attached hydrogens (tertiary/aromatic N) is 1. The number of benzene rings is 1. The highest BCUT2D eigenvalue weighted by atomic mass is 35.5. The van der Waals surface area contributed by atoms with Crippen LogP contribution in [0.2, 0.25) is 10.0 Å². The SMILES string of the molecule is N[C@@H]1C[C@H]1c1ccc(-c2cc(Cl)cc(Cl)c2)nc1. The van der Waals surface area contributed by atoms with E-state index in [0.717, 1.165) is 17.7 Å². The van der Waals surface area contributed by atoms with Crippen LogP contribution in [0.25, 0.3) is 11.3 Å². The second kappa shape index (κ2) is 4.54. The summed E-state index contributed by atoms with van der Waals surface area (Å²) < 4.78 is 0. The first-order valence-electron chi connectivity index (χ1n) is 5.81. The molecule has 0 aliphatic heterocycles. The molecule has 0 unspecified atom stereocenters. The Morgan fingerprint density at radius 1 is 1.11 bits per heavy atom. The van der Waals surface area contributed by atoms with Crippen molar-refractivity contribution in [1.82, 2.24) is 4.98 Å². The summed E-state index contributed by atoms with van der Waals surface area (Å²) in [4.78, 5) is 4.45. The van der Waals surface area contributed by atoms with E-state index < -0.39 is 0 Å². The monoisotopic (exact) mass is 278 g/mol. The molecule has 3 rings (SSSR count). The molecule has 1 aromatic carbocycles. The molecule has 1 aromatic heterocycles. The molecule has 1 aliphatic rings. The summed E-state index contributed by atoms with van der Waals surface area (Å²) in [6, 6.07) is 9.80. The summed E-state index contributed by atoms with van der Waals surface area (Å²) in [5, 5.41) is 1.24. The molecule has 1 fully saturated rings. The van der Waals surface area contributed by atoms with Crippen LogP contribution in [-0.2, 0) is 0 Å². The first-order valence-corrected chi connectivity index (χ1v) is 6.57. The van der Waals surface area contributed by atoms with Crippen LogP contribution in [0.1, 0.15) is 17.9 Å². The van der Waals surface area contributed by atoms with Crippen molar-refractivity contribution in [2.75, 3.05) is 0 Å². The Labute approximate surface area is 116 Å². The molecule has 1 aliphatic carbocycles. The Morgan fingerprint density at radius 3 is 2.28 bits per heavy atom. The molecule has 2 atom stereocenters. The summed E-state index contributed by atoms with van der Waals surface area (Å²) in [6.07, 6.45) is 2.95. The number of hydrogen-bond donors (Lipinski definition) is 1. The third-order valence-electron chi connectivity index (χ3n) is 3.21. The van der Waals surface area contributed by atoms with Crippen LogP contribution < -0.4 is 5.73 Å². The van der Waals surface area contributed by atoms with Crippen molar-refractivity contribution in [1.29, 1.82) is 0 Å². The summed E-state index contributed by atoms with van der Waals surface area (Å²) >= 11 is 12.0. The van der Waals surface area contributed by atoms with Crippen LogP contribution in [0.5, 0.6) is 0 Å². The Morgan fingerprint density at radius 2 is 1.78 bits per heavy atom. The van der Waals surface area contributed by atoms with E-state index in [2.05, 4.69) is 11.1 Å². The maximum absolute atomic E-state index is 5.98. The summed E-state index contributed by atoms with van der Waals surface area (Å²) in [5.41, 5.74) is 8.83. The smallest absolute Gasteiger partial charge is 0.0703 e. The van der Waals surface area contributed by atoms with Gasteiger partial charge in [-0.3, -0.25) is 4.98 Å². The molecular weight excluding hydrogens is 267 g/mol. The predicted octanol–water partition coefficient (Wildman–Crippen LogP) is 3.87. The van der Waals surface area contributed by atoms with E-state index in [1.54, 1.807) is 6.07 Å². The maximum Gasteiger partial charge on any atom is 0.0703 e. The first-order chi connectivity index (χ1) is 8.63. The van der Waals surface area contributed by atoms with Gasteiger partial charge in [0.05, 0.1) is 5.69 Å². The van der Waals surface area contributed by atoms with Crippen LogP contribution in [-0.4, -0.2) is 11.0 Å². The minimum atomic E-state index is 0.304. The molecule has 0 saturated heterocycles. The van der Waals surface area contributed by atoms with Gasteiger partial charge in [-0.1, -0.05) is 29.3 Å². The second-order valence-corrected chi connectivity index (χ2v) is 5.51. The Kier molecular flexibility index (Phi) is 3.02. The molecule has 92 valence electrons. The van der Waals surface area contributed by atoms with Crippen molar-refractivity contribution in [3.63, 3.8) is 0 Å². The normalized spacial score (nSPS) is 21.9. The van der Waals surface area contributed by atoms with Gasteiger partial charge in [0.25, 0.3) is 0 Å². The van der Waals surface area contributed by atoms with Crippen molar-refractivity contribution in [3.8, 4) is 11.3 Å². The van der Waals surface area contributed by atoms with E-state index in [1.807, 2.05) is 24.4 Å². The van der Waals surface area contributed by atoms with Crippen LogP contribution >= 0.6 is 23.2 Å². The van der Waals surface area contributed by atoms with Crippen LogP contribution in [0.3, 0.4) is 0 Å². The van der Waals surface area contributed by atoms with Crippen LogP contribution in [0.4, 0.5) is 0 Å². The summed E-state index contributed by atoms with van der Waals surface area (Å²) in [7, 11) is 0. The van der Waals surface area contributed by atoms with Gasteiger partial charge >= 0.3 is 0 Å². The number of rotatable bonds is 2. The van der Waals surface area contributed by atoms with Crippen LogP contribution in [0.15, 0.2) is 36.5 Å². The largest absolute Gasteiger partial charge is 0.327 e. The molecule has 0 radical (unpaired) electrons. The highest BCUT2D eigenvalue weighted by Gasteiger charge is 2.34. The van der Waals surface area contributed by atoms with E-state index in [4.69, 9.17) is 28.9 Å². The molecule has 0 spiro atoms. The highest BCUT2D eigenvalue weighted by Crippen LogP contribution is 2.39. The van der Waals surface area contributed by atoms with E-state index in [1.165, 1.54) is 5.56 Å². The molecule has 0 amide bonds. The zero-order chi connectivity index (χ0) is 12.7. The Hall–Kier alpha value is -1.09. The van der Waals surface area contributed by atoms with Gasteiger partial charge in [-0.05, 0) is 36.2 Å². The predicted molar refractivity (Wildman–Crippen MR) is 75.0 cm³/mol. The fraction of sp³-hybridized carbons (Fsp3) is 0.214. The number of aromatic nitrogens is 1. The number of pyridine rings is 1. The average Bonchev–Trinajstić information content (AvgIpc) is 3.05. The van der Waals surface area contributed by atoms with Gasteiger partial charge in [0.2, 0.25) is 0 Å². The van der Waals surface area contributed by atoms with Crippen molar-refractivity contribution in [2.45, 2.75) is 18.4 Å². The topological polar surface area (TPSA) is 38.9 Å². The molecule has 2 nitrogen and oxygen atoms in total. The standard InChI is InChI=1S/C14H12Cl2N2/c15-10-3-9(4-11(16)5-10)14-2-1-8(7-18-14)12-6-13(12)17/h1-5,7,12-13H,6,17H2/t12-,13+/m0/s1. The lowest BCUT2D eigenvalue weighted by atomic mass is 10.1. The molecular formula is C14H12Cl2N2. The molecule has 0 bridgehead atoms. The number of nitrogens with two attached hydrogens (primary N) is 1. The van der Waals surface area contributed by atoms with E-state index in [0.29, 0.717) is 22.0 Å². The van der Waals surface area contributed by atoms with Gasteiger partial charge in [0.1, 0.15) is 0 Å². The molecule has 2 aromatic rings. The van der Waals surface area contributed by atoms with Gasteiger partial charge in [-0.2, -0.15) is 0 Å². The van der Waals surface area contributed by atoms with Gasteiger partial charge in [-0.15, -0.1) is 0 Å². The average molecular weight is 279 g/mol. The van der Waals surface area contributed by atoms with Crippen molar-refractivity contribution < 1.29 is 0 Å². The fourth-order valence-electron chi connectivity index (χ4n) is 2.10. The first kappa shape index (κ1) is 12.0. The molecule has 4 heteroatoms. The number of hydrogen-bond acceptors (Lipinski definition) is 2. The summed E-state index contributed by atoms with van der Waals surface area (Å²) in [5.74, 6) is 0.481. The lowest BCUT2D eigenvalue weighted by Gasteiger charge is -2.04. The minimum Gasteiger partial charge on any atom is -0.327 e. The molecule has 1 heterocycles. The van der Waals surface area contributed by atoms with E-state index in [9.17, 15) is 0 Å². The van der Waals surface area contributed by atoms with Gasteiger partial charge in [-0.25, -0.2) is 0 Å².